The molecule has 3 unspecified atom stereocenters. The molecule has 1 amide bonds. The van der Waals surface area contributed by atoms with Crippen LogP contribution in [0.15, 0.2) is 5.38 Å². The number of hydrogen-bond donors (Lipinski definition) is 2. The predicted octanol–water partition coefficient (Wildman–Crippen LogP) is 4.06. The lowest BCUT2D eigenvalue weighted by Gasteiger charge is -2.37. The van der Waals surface area contributed by atoms with Crippen LogP contribution in [0.5, 0.6) is 0 Å². The van der Waals surface area contributed by atoms with Gasteiger partial charge in [-0.25, -0.2) is 4.98 Å². The normalized spacial score (nSPS) is 25.7. The zero-order chi connectivity index (χ0) is 17.3. The molecule has 0 spiro atoms. The van der Waals surface area contributed by atoms with Gasteiger partial charge in [0.25, 0.3) is 0 Å². The highest BCUT2D eigenvalue weighted by Crippen LogP contribution is 2.34. The first-order valence-electron chi connectivity index (χ1n) is 7.77. The lowest BCUT2D eigenvalue weighted by molar-refractivity contribution is -0.140. The number of nitrogens with two attached hydrogens (primary N) is 1. The highest BCUT2D eigenvalue weighted by molar-refractivity contribution is 7.09. The molecule has 0 aliphatic heterocycles. The number of hydrogen-bond acceptors (Lipinski definition) is 4. The molecule has 3 N–H and O–H groups in total. The zero-order valence-corrected chi connectivity index (χ0v) is 15.3. The summed E-state index contributed by atoms with van der Waals surface area (Å²) in [5.74, 6) is -0.502. The van der Waals surface area contributed by atoms with E-state index < -0.39 is 23.5 Å². The quantitative estimate of drug-likeness (QED) is 0.821. The third-order valence-corrected chi connectivity index (χ3v) is 5.36. The van der Waals surface area contributed by atoms with E-state index in [-0.39, 0.29) is 29.2 Å². The summed E-state index contributed by atoms with van der Waals surface area (Å²) in [5, 5.41) is 4.10. The molecular weight excluding hydrogens is 363 g/mol. The Morgan fingerprint density at radius 1 is 1.54 bits per heavy atom. The second-order valence-electron chi connectivity index (χ2n) is 6.34. The molecule has 0 saturated heterocycles. The predicted molar refractivity (Wildman–Crippen MR) is 90.1 cm³/mol. The van der Waals surface area contributed by atoms with Crippen LogP contribution in [0.4, 0.5) is 13.2 Å². The molecule has 0 aromatic carbocycles. The van der Waals surface area contributed by atoms with Crippen molar-refractivity contribution in [3.05, 3.63) is 16.1 Å². The molecule has 1 fully saturated rings. The van der Waals surface area contributed by atoms with Crippen molar-refractivity contribution in [2.45, 2.75) is 63.7 Å². The zero-order valence-electron chi connectivity index (χ0n) is 13.7. The van der Waals surface area contributed by atoms with Crippen LogP contribution in [0.2, 0.25) is 0 Å². The van der Waals surface area contributed by atoms with Gasteiger partial charge in [-0.3, -0.25) is 4.79 Å². The topological polar surface area (TPSA) is 68.0 Å². The molecule has 24 heavy (non-hydrogen) atoms. The van der Waals surface area contributed by atoms with Crippen molar-refractivity contribution in [3.8, 4) is 0 Å². The first kappa shape index (κ1) is 21.2. The number of aromatic nitrogens is 1. The Balaban J connectivity index is 0.00000288. The van der Waals surface area contributed by atoms with E-state index in [1.165, 1.54) is 0 Å². The molecule has 1 saturated carbocycles. The highest BCUT2D eigenvalue weighted by Gasteiger charge is 2.39. The number of amides is 1. The standard InChI is InChI=1S/C15H22F3N3OS.ClH/c1-3-10(13-21-11(8-23-13)15(16,17)18)20-12(22)9-6-4-5-7-14(9,2)19;/h8-10H,3-7,19H2,1-2H3,(H,20,22);1H. The molecular formula is C15H23ClF3N3OS. The van der Waals surface area contributed by atoms with Gasteiger partial charge in [0.1, 0.15) is 5.01 Å². The minimum Gasteiger partial charge on any atom is -0.347 e. The van der Waals surface area contributed by atoms with Crippen LogP contribution in [0, 0.1) is 5.92 Å². The van der Waals surface area contributed by atoms with Crippen LogP contribution in [-0.4, -0.2) is 16.4 Å². The molecule has 1 aromatic rings. The molecule has 4 nitrogen and oxygen atoms in total. The maximum Gasteiger partial charge on any atom is 0.434 e. The van der Waals surface area contributed by atoms with Gasteiger partial charge in [0.15, 0.2) is 5.69 Å². The molecule has 1 aromatic heterocycles. The van der Waals surface area contributed by atoms with E-state index in [0.717, 1.165) is 36.0 Å². The molecule has 138 valence electrons. The van der Waals surface area contributed by atoms with E-state index in [1.807, 2.05) is 13.8 Å². The Morgan fingerprint density at radius 3 is 2.71 bits per heavy atom. The molecule has 9 heteroatoms. The lowest BCUT2D eigenvalue weighted by atomic mass is 9.74. The summed E-state index contributed by atoms with van der Waals surface area (Å²) >= 11 is 0.921. The summed E-state index contributed by atoms with van der Waals surface area (Å²) in [6, 6.07) is -0.513. The van der Waals surface area contributed by atoms with Gasteiger partial charge >= 0.3 is 6.18 Å². The van der Waals surface area contributed by atoms with E-state index in [2.05, 4.69) is 10.3 Å². The summed E-state index contributed by atoms with van der Waals surface area (Å²) in [6.45, 7) is 3.67. The molecule has 3 atom stereocenters. The molecule has 1 heterocycles. The number of halogens is 4. The Bertz CT molecular complexity index is 562. The summed E-state index contributed by atoms with van der Waals surface area (Å²) in [4.78, 5) is 16.2. The number of nitrogens with one attached hydrogen (secondary N) is 1. The van der Waals surface area contributed by atoms with Crippen molar-refractivity contribution in [1.29, 1.82) is 0 Å². The summed E-state index contributed by atoms with van der Waals surface area (Å²) in [7, 11) is 0. The Morgan fingerprint density at radius 2 is 2.21 bits per heavy atom. The first-order chi connectivity index (χ1) is 10.6. The van der Waals surface area contributed by atoms with Gasteiger partial charge in [-0.15, -0.1) is 23.7 Å². The van der Waals surface area contributed by atoms with Crippen LogP contribution in [0.1, 0.15) is 62.7 Å². The fourth-order valence-electron chi connectivity index (χ4n) is 2.98. The Labute approximate surface area is 149 Å². The fourth-order valence-corrected chi connectivity index (χ4v) is 3.94. The summed E-state index contributed by atoms with van der Waals surface area (Å²) in [5.41, 5.74) is 4.74. The number of carbonyl (C=O) groups excluding carboxylic acids is 1. The van der Waals surface area contributed by atoms with Gasteiger partial charge < -0.3 is 11.1 Å². The van der Waals surface area contributed by atoms with Crippen molar-refractivity contribution in [1.82, 2.24) is 10.3 Å². The average molecular weight is 386 g/mol. The van der Waals surface area contributed by atoms with Gasteiger partial charge in [0.2, 0.25) is 5.91 Å². The fraction of sp³-hybridized carbons (Fsp3) is 0.733. The summed E-state index contributed by atoms with van der Waals surface area (Å²) in [6.07, 6.45) is -0.564. The van der Waals surface area contributed by atoms with E-state index in [4.69, 9.17) is 5.73 Å². The van der Waals surface area contributed by atoms with Gasteiger partial charge in [-0.1, -0.05) is 19.8 Å². The molecule has 0 radical (unpaired) electrons. The van der Waals surface area contributed by atoms with Crippen molar-refractivity contribution in [2.24, 2.45) is 11.7 Å². The smallest absolute Gasteiger partial charge is 0.347 e. The minimum absolute atomic E-state index is 0. The Hall–Kier alpha value is -0.860. The van der Waals surface area contributed by atoms with Crippen molar-refractivity contribution in [2.75, 3.05) is 0 Å². The summed E-state index contributed by atoms with van der Waals surface area (Å²) < 4.78 is 38.0. The van der Waals surface area contributed by atoms with Gasteiger partial charge in [0.05, 0.1) is 12.0 Å². The van der Waals surface area contributed by atoms with Gasteiger partial charge in [-0.2, -0.15) is 13.2 Å². The van der Waals surface area contributed by atoms with Crippen LogP contribution in [0.3, 0.4) is 0 Å². The van der Waals surface area contributed by atoms with Crippen LogP contribution >= 0.6 is 23.7 Å². The lowest BCUT2D eigenvalue weighted by Crippen LogP contribution is -2.53. The molecule has 1 aliphatic carbocycles. The second kappa shape index (κ2) is 8.01. The van der Waals surface area contributed by atoms with Crippen LogP contribution < -0.4 is 11.1 Å². The van der Waals surface area contributed by atoms with Gasteiger partial charge in [0, 0.05) is 10.9 Å². The number of carbonyl (C=O) groups is 1. The van der Waals surface area contributed by atoms with E-state index in [0.29, 0.717) is 12.8 Å². The maximum atomic E-state index is 12.7. The molecule has 1 aliphatic rings. The largest absolute Gasteiger partial charge is 0.434 e. The van der Waals surface area contributed by atoms with E-state index in [1.54, 1.807) is 0 Å². The minimum atomic E-state index is -4.46. The SMILES string of the molecule is CCC(NC(=O)C1CCCCC1(C)N)c1nc(C(F)(F)F)cs1.Cl. The third kappa shape index (κ3) is 4.83. The average Bonchev–Trinajstić information content (AvgIpc) is 2.93. The highest BCUT2D eigenvalue weighted by atomic mass is 35.5. The maximum absolute atomic E-state index is 12.7. The van der Waals surface area contributed by atoms with E-state index in [9.17, 15) is 18.0 Å². The molecule has 0 bridgehead atoms. The van der Waals surface area contributed by atoms with Crippen molar-refractivity contribution in [3.63, 3.8) is 0 Å². The number of thiazole rings is 1. The second-order valence-corrected chi connectivity index (χ2v) is 7.23. The number of nitrogens with zero attached hydrogens (tertiary/aromatic N) is 1. The number of alkyl halides is 3. The Kier molecular flexibility index (Phi) is 7.07. The third-order valence-electron chi connectivity index (χ3n) is 4.41. The molecule has 2 rings (SSSR count). The number of rotatable bonds is 4. The van der Waals surface area contributed by atoms with Crippen LogP contribution in [0.25, 0.3) is 0 Å². The van der Waals surface area contributed by atoms with Gasteiger partial charge in [-0.05, 0) is 26.2 Å². The first-order valence-corrected chi connectivity index (χ1v) is 8.65. The van der Waals surface area contributed by atoms with Crippen molar-refractivity contribution >= 4 is 29.7 Å². The van der Waals surface area contributed by atoms with E-state index >= 15 is 0 Å². The van der Waals surface area contributed by atoms with Crippen LogP contribution in [-0.2, 0) is 11.0 Å². The van der Waals surface area contributed by atoms with Crippen molar-refractivity contribution < 1.29 is 18.0 Å². The monoisotopic (exact) mass is 385 g/mol.